The number of carbonyl (C=O) groups is 1. The Hall–Kier alpha value is -1.57. The van der Waals surface area contributed by atoms with Gasteiger partial charge in [-0.3, -0.25) is 4.79 Å². The van der Waals surface area contributed by atoms with Gasteiger partial charge in [-0.05, 0) is 44.9 Å². The number of allylic oxidation sites excluding steroid dienone is 8. The average Bonchev–Trinajstić information content (AvgIpc) is 2.43. The van der Waals surface area contributed by atoms with E-state index in [1.807, 2.05) is 6.08 Å². The minimum atomic E-state index is -0.729. The predicted molar refractivity (Wildman–Crippen MR) is 86.8 cm³/mol. The van der Waals surface area contributed by atoms with Crippen LogP contribution < -0.4 is 0 Å². The Balaban J connectivity index is 3.35. The van der Waals surface area contributed by atoms with Crippen LogP contribution in [0.2, 0.25) is 0 Å². The zero-order valence-corrected chi connectivity index (χ0v) is 12.6. The van der Waals surface area contributed by atoms with E-state index in [1.165, 1.54) is 0 Å². The van der Waals surface area contributed by atoms with Crippen molar-refractivity contribution in [1.82, 2.24) is 0 Å². The van der Waals surface area contributed by atoms with Gasteiger partial charge in [0.15, 0.2) is 0 Å². The number of hydrogen-bond donors (Lipinski definition) is 1. The second-order valence-electron chi connectivity index (χ2n) is 4.62. The summed E-state index contributed by atoms with van der Waals surface area (Å²) in [5, 5.41) is 8.46. The lowest BCUT2D eigenvalue weighted by Crippen LogP contribution is -1.91. The SMILES string of the molecule is CC/C=C/C/C=C/CC/C=C/CC/C=C/CCC(=O)O. The molecule has 0 unspecified atom stereocenters. The quantitative estimate of drug-likeness (QED) is 0.381. The van der Waals surface area contributed by atoms with Crippen LogP contribution in [0.15, 0.2) is 48.6 Å². The smallest absolute Gasteiger partial charge is 0.303 e. The fourth-order valence-electron chi connectivity index (χ4n) is 1.62. The lowest BCUT2D eigenvalue weighted by molar-refractivity contribution is -0.136. The van der Waals surface area contributed by atoms with E-state index >= 15 is 0 Å². The molecule has 1 N–H and O–H groups in total. The lowest BCUT2D eigenvalue weighted by Gasteiger charge is -1.90. The first-order valence-electron chi connectivity index (χ1n) is 7.59. The van der Waals surface area contributed by atoms with E-state index < -0.39 is 5.97 Å². The zero-order valence-electron chi connectivity index (χ0n) is 12.6. The summed E-state index contributed by atoms with van der Waals surface area (Å²) in [4.78, 5) is 10.3. The summed E-state index contributed by atoms with van der Waals surface area (Å²) < 4.78 is 0. The normalized spacial score (nSPS) is 12.4. The minimum absolute atomic E-state index is 0.228. The van der Waals surface area contributed by atoms with E-state index in [1.54, 1.807) is 0 Å². The number of carboxylic acids is 1. The van der Waals surface area contributed by atoms with Crippen molar-refractivity contribution in [2.45, 2.75) is 58.3 Å². The largest absolute Gasteiger partial charge is 0.481 e. The van der Waals surface area contributed by atoms with Gasteiger partial charge in [0.2, 0.25) is 0 Å². The molecule has 0 aromatic carbocycles. The van der Waals surface area contributed by atoms with E-state index in [2.05, 4.69) is 49.5 Å². The van der Waals surface area contributed by atoms with Crippen LogP contribution >= 0.6 is 0 Å². The van der Waals surface area contributed by atoms with Gasteiger partial charge >= 0.3 is 5.97 Å². The van der Waals surface area contributed by atoms with Gasteiger partial charge in [0.1, 0.15) is 0 Å². The van der Waals surface area contributed by atoms with Crippen molar-refractivity contribution >= 4 is 5.97 Å². The predicted octanol–water partition coefficient (Wildman–Crippen LogP) is 5.44. The maximum atomic E-state index is 10.3. The highest BCUT2D eigenvalue weighted by molar-refractivity contribution is 5.66. The van der Waals surface area contributed by atoms with Gasteiger partial charge in [-0.15, -0.1) is 0 Å². The first kappa shape index (κ1) is 18.4. The van der Waals surface area contributed by atoms with Gasteiger partial charge in [0.05, 0.1) is 0 Å². The molecule has 0 saturated carbocycles. The molecule has 0 bridgehead atoms. The van der Waals surface area contributed by atoms with Gasteiger partial charge in [0, 0.05) is 6.42 Å². The number of aliphatic carboxylic acids is 1. The molecule has 0 aliphatic carbocycles. The monoisotopic (exact) mass is 276 g/mol. The van der Waals surface area contributed by atoms with Gasteiger partial charge in [-0.2, -0.15) is 0 Å². The topological polar surface area (TPSA) is 37.3 Å². The first-order chi connectivity index (χ1) is 9.77. The molecule has 0 rings (SSSR count). The zero-order chi connectivity index (χ0) is 14.9. The van der Waals surface area contributed by atoms with Crippen molar-refractivity contribution in [2.24, 2.45) is 0 Å². The number of unbranched alkanes of at least 4 members (excludes halogenated alkanes) is 2. The molecule has 112 valence electrons. The highest BCUT2D eigenvalue weighted by Crippen LogP contribution is 2.00. The Labute approximate surface area is 123 Å². The fourth-order valence-corrected chi connectivity index (χ4v) is 1.62. The van der Waals surface area contributed by atoms with Crippen LogP contribution in [0.1, 0.15) is 58.3 Å². The van der Waals surface area contributed by atoms with E-state index in [0.29, 0.717) is 6.42 Å². The van der Waals surface area contributed by atoms with Gasteiger partial charge in [0.25, 0.3) is 0 Å². The first-order valence-corrected chi connectivity index (χ1v) is 7.59. The van der Waals surface area contributed by atoms with Crippen LogP contribution in [-0.2, 0) is 4.79 Å². The van der Waals surface area contributed by atoms with Gasteiger partial charge < -0.3 is 5.11 Å². The molecule has 0 fully saturated rings. The van der Waals surface area contributed by atoms with Gasteiger partial charge in [-0.25, -0.2) is 0 Å². The lowest BCUT2D eigenvalue weighted by atomic mass is 10.2. The van der Waals surface area contributed by atoms with E-state index in [-0.39, 0.29) is 6.42 Å². The summed E-state index contributed by atoms with van der Waals surface area (Å²) in [5.74, 6) is -0.729. The van der Waals surface area contributed by atoms with Crippen LogP contribution in [0.5, 0.6) is 0 Å². The summed E-state index contributed by atoms with van der Waals surface area (Å²) in [6.45, 7) is 2.15. The highest BCUT2D eigenvalue weighted by atomic mass is 16.4. The molecule has 0 aliphatic rings. The molecule has 0 amide bonds. The third-order valence-corrected chi connectivity index (χ3v) is 2.70. The average molecular weight is 276 g/mol. The summed E-state index contributed by atoms with van der Waals surface area (Å²) in [6.07, 6.45) is 24.5. The van der Waals surface area contributed by atoms with Crippen molar-refractivity contribution in [3.05, 3.63) is 48.6 Å². The molecular formula is C18H28O2. The number of hydrogen-bond acceptors (Lipinski definition) is 1. The molecule has 0 aromatic heterocycles. The molecule has 0 radical (unpaired) electrons. The standard InChI is InChI=1S/C18H28O2/c1-2-3-4-5-6-7-8-9-10-11-12-13-14-15-16-17-18(19)20/h3-4,6-7,10-11,14-15H,2,5,8-9,12-13,16-17H2,1H3,(H,19,20)/b4-3+,7-6+,11-10+,15-14+. The van der Waals surface area contributed by atoms with E-state index in [4.69, 9.17) is 5.11 Å². The summed E-state index contributed by atoms with van der Waals surface area (Å²) in [5.41, 5.74) is 0. The third kappa shape index (κ3) is 16.4. The second-order valence-corrected chi connectivity index (χ2v) is 4.62. The third-order valence-electron chi connectivity index (χ3n) is 2.70. The molecule has 0 saturated heterocycles. The summed E-state index contributed by atoms with van der Waals surface area (Å²) in [6, 6.07) is 0. The van der Waals surface area contributed by atoms with Crippen LogP contribution in [0.3, 0.4) is 0 Å². The second kappa shape index (κ2) is 15.5. The molecule has 0 heterocycles. The Morgan fingerprint density at radius 2 is 1.20 bits per heavy atom. The van der Waals surface area contributed by atoms with Crippen molar-refractivity contribution < 1.29 is 9.90 Å². The van der Waals surface area contributed by atoms with Crippen molar-refractivity contribution in [3.63, 3.8) is 0 Å². The summed E-state index contributed by atoms with van der Waals surface area (Å²) >= 11 is 0. The molecular weight excluding hydrogens is 248 g/mol. The molecule has 20 heavy (non-hydrogen) atoms. The van der Waals surface area contributed by atoms with Crippen LogP contribution in [0, 0.1) is 0 Å². The highest BCUT2D eigenvalue weighted by Gasteiger charge is 1.90. The Bertz CT molecular complexity index is 335. The maximum Gasteiger partial charge on any atom is 0.303 e. The molecule has 0 atom stereocenters. The van der Waals surface area contributed by atoms with Crippen molar-refractivity contribution in [1.29, 1.82) is 0 Å². The van der Waals surface area contributed by atoms with Crippen LogP contribution in [-0.4, -0.2) is 11.1 Å². The van der Waals surface area contributed by atoms with E-state index in [0.717, 1.165) is 38.5 Å². The summed E-state index contributed by atoms with van der Waals surface area (Å²) in [7, 11) is 0. The number of rotatable bonds is 12. The Morgan fingerprint density at radius 3 is 1.70 bits per heavy atom. The Morgan fingerprint density at radius 1 is 0.750 bits per heavy atom. The molecule has 0 spiro atoms. The number of carboxylic acid groups (broad SMARTS) is 1. The van der Waals surface area contributed by atoms with E-state index in [9.17, 15) is 4.79 Å². The Kier molecular flexibility index (Phi) is 14.3. The van der Waals surface area contributed by atoms with Crippen molar-refractivity contribution in [3.8, 4) is 0 Å². The fraction of sp³-hybridized carbons (Fsp3) is 0.500. The van der Waals surface area contributed by atoms with Crippen LogP contribution in [0.25, 0.3) is 0 Å². The van der Waals surface area contributed by atoms with Crippen molar-refractivity contribution in [2.75, 3.05) is 0 Å². The molecule has 2 heteroatoms. The van der Waals surface area contributed by atoms with Crippen LogP contribution in [0.4, 0.5) is 0 Å². The maximum absolute atomic E-state index is 10.3. The molecule has 2 nitrogen and oxygen atoms in total. The molecule has 0 aromatic rings. The van der Waals surface area contributed by atoms with Gasteiger partial charge in [-0.1, -0.05) is 55.5 Å². The molecule has 0 aliphatic heterocycles. The minimum Gasteiger partial charge on any atom is -0.481 e.